The summed E-state index contributed by atoms with van der Waals surface area (Å²) in [6.07, 6.45) is 10.0. The summed E-state index contributed by atoms with van der Waals surface area (Å²) >= 11 is 0. The topological polar surface area (TPSA) is 138 Å². The van der Waals surface area contributed by atoms with Crippen molar-refractivity contribution in [1.29, 1.82) is 5.41 Å². The summed E-state index contributed by atoms with van der Waals surface area (Å²) in [6.45, 7) is 4.49. The van der Waals surface area contributed by atoms with Crippen LogP contribution in [-0.4, -0.2) is 75.6 Å². The van der Waals surface area contributed by atoms with Gasteiger partial charge in [0.05, 0.1) is 24.7 Å². The maximum atomic E-state index is 13.3. The second-order valence-electron chi connectivity index (χ2n) is 10.4. The highest BCUT2D eigenvalue weighted by atomic mass is 32.2. The third kappa shape index (κ3) is 8.82. The second-order valence-corrected chi connectivity index (χ2v) is 12.3. The van der Waals surface area contributed by atoms with Crippen molar-refractivity contribution >= 4 is 39.4 Å². The predicted molar refractivity (Wildman–Crippen MR) is 167 cm³/mol. The van der Waals surface area contributed by atoms with E-state index in [4.69, 9.17) is 25.6 Å². The van der Waals surface area contributed by atoms with Crippen molar-refractivity contribution in [2.45, 2.75) is 51.6 Å². The molecule has 4 rings (SSSR count). The molecule has 0 atom stereocenters. The smallest absolute Gasteiger partial charge is 0.323 e. The molecule has 2 aliphatic rings. The Morgan fingerprint density at radius 3 is 2.62 bits per heavy atom. The van der Waals surface area contributed by atoms with Crippen molar-refractivity contribution in [3.8, 4) is 5.75 Å². The molecule has 3 N–H and O–H groups in total. The largest absolute Gasteiger partial charge is 0.490 e. The van der Waals surface area contributed by atoms with Crippen molar-refractivity contribution in [2.75, 3.05) is 42.8 Å². The fourth-order valence-electron chi connectivity index (χ4n) is 5.14. The minimum atomic E-state index is -4.04. The molecule has 0 unspecified atom stereocenters. The Balaban J connectivity index is 1.43. The summed E-state index contributed by atoms with van der Waals surface area (Å²) in [5.74, 6) is 0.285. The first-order chi connectivity index (χ1) is 20.2. The molecule has 0 spiro atoms. The SMILES string of the molecule is CCOC(=O)CS(=O)(=O)N(CC=Cc1cccc(C(=N)N)c1)c1ccc(OC2CCN(C3=NCCCCC3)CC2)cc1. The Labute approximate surface area is 248 Å². The van der Waals surface area contributed by atoms with Crippen LogP contribution in [-0.2, 0) is 19.6 Å². The molecule has 0 bridgehead atoms. The lowest BCUT2D eigenvalue weighted by molar-refractivity contribution is -0.139. The van der Waals surface area contributed by atoms with Gasteiger partial charge in [0.25, 0.3) is 0 Å². The number of anilines is 1. The molecule has 2 aromatic rings. The lowest BCUT2D eigenvalue weighted by Gasteiger charge is -2.34. The normalized spacial score (nSPS) is 16.5. The van der Waals surface area contributed by atoms with Crippen LogP contribution in [0.2, 0.25) is 0 Å². The van der Waals surface area contributed by atoms with E-state index in [1.165, 1.54) is 29.4 Å². The number of sulfonamides is 1. The molecule has 0 aromatic heterocycles. The van der Waals surface area contributed by atoms with Gasteiger partial charge in [-0.1, -0.05) is 36.8 Å². The standard InChI is InChI=1S/C31H41N5O5S/c1-2-40-30(37)23-42(38,39)36(19-7-9-24-8-6-10-25(22-24)31(32)33)26-12-14-27(15-13-26)41-28-16-20-35(21-17-28)29-11-4-3-5-18-34-29/h6-10,12-15,22,28H,2-5,11,16-21,23H2,1H3,(H3,32,33). The van der Waals surface area contributed by atoms with Gasteiger partial charge in [0.1, 0.15) is 17.7 Å². The Hall–Kier alpha value is -3.86. The van der Waals surface area contributed by atoms with Crippen molar-refractivity contribution < 1.29 is 22.7 Å². The summed E-state index contributed by atoms with van der Waals surface area (Å²) in [6, 6.07) is 14.0. The van der Waals surface area contributed by atoms with Gasteiger partial charge < -0.3 is 20.1 Å². The number of hydrogen-bond acceptors (Lipinski definition) is 8. The van der Waals surface area contributed by atoms with Gasteiger partial charge in [0.2, 0.25) is 10.0 Å². The van der Waals surface area contributed by atoms with E-state index in [-0.39, 0.29) is 25.1 Å². The van der Waals surface area contributed by atoms with E-state index < -0.39 is 21.7 Å². The molecule has 2 aromatic carbocycles. The van der Waals surface area contributed by atoms with E-state index in [0.29, 0.717) is 17.0 Å². The highest BCUT2D eigenvalue weighted by Gasteiger charge is 2.27. The number of carbonyl (C=O) groups excluding carboxylic acids is 1. The van der Waals surface area contributed by atoms with Crippen LogP contribution >= 0.6 is 0 Å². The summed E-state index contributed by atoms with van der Waals surface area (Å²) < 4.78 is 38.9. The summed E-state index contributed by atoms with van der Waals surface area (Å²) in [4.78, 5) is 19.3. The summed E-state index contributed by atoms with van der Waals surface area (Å²) in [5, 5.41) is 7.63. The molecule has 0 aliphatic carbocycles. The lowest BCUT2D eigenvalue weighted by atomic mass is 10.1. The zero-order chi connectivity index (χ0) is 30.0. The Morgan fingerprint density at radius 1 is 1.14 bits per heavy atom. The quantitative estimate of drug-likeness (QED) is 0.226. The van der Waals surface area contributed by atoms with Gasteiger partial charge in [-0.3, -0.25) is 19.5 Å². The molecular formula is C31H41N5O5S. The number of amidine groups is 2. The van der Waals surface area contributed by atoms with E-state index in [2.05, 4.69) is 4.90 Å². The number of nitrogen functional groups attached to an aromatic ring is 1. The van der Waals surface area contributed by atoms with Crippen molar-refractivity contribution in [1.82, 2.24) is 4.90 Å². The summed E-state index contributed by atoms with van der Waals surface area (Å²) in [7, 11) is -4.04. The molecular weight excluding hydrogens is 554 g/mol. The molecule has 1 saturated heterocycles. The monoisotopic (exact) mass is 595 g/mol. The predicted octanol–water partition coefficient (Wildman–Crippen LogP) is 4.20. The molecule has 42 heavy (non-hydrogen) atoms. The Morgan fingerprint density at radius 2 is 1.90 bits per heavy atom. The van der Waals surface area contributed by atoms with Crippen LogP contribution in [0.5, 0.6) is 5.75 Å². The molecule has 0 amide bonds. The maximum absolute atomic E-state index is 13.3. The van der Waals surface area contributed by atoms with Crippen LogP contribution in [0.15, 0.2) is 59.6 Å². The molecule has 2 aliphatic heterocycles. The number of aliphatic imine (C=N–C) groups is 1. The molecule has 10 nitrogen and oxygen atoms in total. The molecule has 0 saturated carbocycles. The van der Waals surface area contributed by atoms with Gasteiger partial charge >= 0.3 is 5.97 Å². The fraction of sp³-hybridized carbons (Fsp3) is 0.452. The first-order valence-electron chi connectivity index (χ1n) is 14.6. The number of carbonyl (C=O) groups is 1. The second kappa shape index (κ2) is 14.9. The molecule has 0 radical (unpaired) electrons. The van der Waals surface area contributed by atoms with Crippen LogP contribution in [0.3, 0.4) is 0 Å². The van der Waals surface area contributed by atoms with Crippen LogP contribution in [0.25, 0.3) is 6.08 Å². The van der Waals surface area contributed by atoms with Gasteiger partial charge in [0.15, 0.2) is 5.75 Å². The van der Waals surface area contributed by atoms with Gasteiger partial charge in [-0.25, -0.2) is 8.42 Å². The molecule has 11 heteroatoms. The lowest BCUT2D eigenvalue weighted by Crippen LogP contribution is -2.41. The van der Waals surface area contributed by atoms with E-state index in [0.717, 1.165) is 44.5 Å². The van der Waals surface area contributed by atoms with E-state index in [1.54, 1.807) is 61.5 Å². The number of likely N-dealkylation sites (tertiary alicyclic amines) is 1. The minimum absolute atomic E-state index is 0.00537. The zero-order valence-electron chi connectivity index (χ0n) is 24.2. The molecule has 226 valence electrons. The zero-order valence-corrected chi connectivity index (χ0v) is 25.0. The Kier molecular flexibility index (Phi) is 11.0. The van der Waals surface area contributed by atoms with Crippen molar-refractivity contribution in [2.24, 2.45) is 10.7 Å². The third-order valence-corrected chi connectivity index (χ3v) is 8.94. The van der Waals surface area contributed by atoms with E-state index in [1.807, 2.05) is 6.07 Å². The van der Waals surface area contributed by atoms with Crippen LogP contribution in [0.1, 0.15) is 56.6 Å². The number of nitrogens with two attached hydrogens (primary N) is 1. The van der Waals surface area contributed by atoms with Crippen LogP contribution < -0.4 is 14.8 Å². The first-order valence-corrected chi connectivity index (χ1v) is 16.2. The third-order valence-electron chi connectivity index (χ3n) is 7.31. The maximum Gasteiger partial charge on any atom is 0.323 e. The van der Waals surface area contributed by atoms with Crippen molar-refractivity contribution in [3.63, 3.8) is 0 Å². The number of hydrogen-bond donors (Lipinski definition) is 2. The van der Waals surface area contributed by atoms with Gasteiger partial charge in [-0.05, 0) is 55.7 Å². The highest BCUT2D eigenvalue weighted by Crippen LogP contribution is 2.26. The average Bonchev–Trinajstić information content (AvgIpc) is 3.26. The van der Waals surface area contributed by atoms with Crippen molar-refractivity contribution in [3.05, 3.63) is 65.7 Å². The number of nitrogens with one attached hydrogen (secondary N) is 1. The van der Waals surface area contributed by atoms with Gasteiger partial charge in [-0.15, -0.1) is 0 Å². The number of piperidine rings is 1. The number of ether oxygens (including phenoxy) is 2. The van der Waals surface area contributed by atoms with E-state index >= 15 is 0 Å². The fourth-order valence-corrected chi connectivity index (χ4v) is 6.43. The Bertz CT molecular complexity index is 1380. The summed E-state index contributed by atoms with van der Waals surface area (Å²) in [5.41, 5.74) is 7.34. The average molecular weight is 596 g/mol. The van der Waals surface area contributed by atoms with E-state index in [9.17, 15) is 13.2 Å². The van der Waals surface area contributed by atoms with Crippen LogP contribution in [0.4, 0.5) is 5.69 Å². The first kappa shape index (κ1) is 31.1. The molecule has 1 fully saturated rings. The number of rotatable bonds is 11. The van der Waals surface area contributed by atoms with Gasteiger partial charge in [-0.2, -0.15) is 0 Å². The molecule has 2 heterocycles. The number of esters is 1. The van der Waals surface area contributed by atoms with Gasteiger partial charge in [0, 0.05) is 44.5 Å². The highest BCUT2D eigenvalue weighted by molar-refractivity contribution is 7.93. The number of benzene rings is 2. The number of nitrogens with zero attached hydrogens (tertiary/aromatic N) is 3. The minimum Gasteiger partial charge on any atom is -0.490 e. The van der Waals surface area contributed by atoms with Crippen LogP contribution in [0, 0.1) is 5.41 Å².